The molecule has 40 heavy (non-hydrogen) atoms. The highest BCUT2D eigenvalue weighted by Gasteiger charge is 2.33. The Hall–Kier alpha value is -4.19. The molecule has 1 heterocycles. The van der Waals surface area contributed by atoms with Crippen LogP contribution in [-0.4, -0.2) is 36.6 Å². The van der Waals surface area contributed by atoms with Crippen LogP contribution in [0.5, 0.6) is 0 Å². The summed E-state index contributed by atoms with van der Waals surface area (Å²) in [7, 11) is -4.50. The van der Waals surface area contributed by atoms with E-state index in [1.54, 1.807) is 36.4 Å². The SMILES string of the molecule is Cc1cc(/C=N/NC(=O)CN(c2ccccc2)S(=O)(=O)c2ccccc2[N+](=O)[O-])c(C)n1-c1ccc(Cl)cc1Cl. The molecule has 0 aliphatic rings. The fourth-order valence-electron chi connectivity index (χ4n) is 4.15. The summed E-state index contributed by atoms with van der Waals surface area (Å²) in [6.07, 6.45) is 1.43. The lowest BCUT2D eigenvalue weighted by molar-refractivity contribution is -0.387. The number of benzene rings is 3. The molecule has 0 aliphatic carbocycles. The van der Waals surface area contributed by atoms with Crippen LogP contribution in [0.1, 0.15) is 17.0 Å². The molecule has 3 aromatic carbocycles. The van der Waals surface area contributed by atoms with E-state index in [2.05, 4.69) is 10.5 Å². The largest absolute Gasteiger partial charge is 0.316 e. The van der Waals surface area contributed by atoms with Gasteiger partial charge in [-0.05, 0) is 56.3 Å². The second kappa shape index (κ2) is 11.9. The molecule has 1 aromatic heterocycles. The fourth-order valence-corrected chi connectivity index (χ4v) is 6.22. The van der Waals surface area contributed by atoms with Crippen molar-refractivity contribution in [2.45, 2.75) is 18.7 Å². The number of carbonyl (C=O) groups excluding carboxylic acids is 1. The van der Waals surface area contributed by atoms with Crippen molar-refractivity contribution < 1.29 is 18.1 Å². The van der Waals surface area contributed by atoms with E-state index in [0.29, 0.717) is 15.6 Å². The maximum absolute atomic E-state index is 13.5. The number of amides is 1. The number of halogens is 2. The first-order valence-electron chi connectivity index (χ1n) is 11.8. The minimum absolute atomic E-state index is 0.156. The summed E-state index contributed by atoms with van der Waals surface area (Å²) in [5.74, 6) is -0.753. The molecule has 4 aromatic rings. The monoisotopic (exact) mass is 599 g/mol. The molecule has 0 saturated carbocycles. The van der Waals surface area contributed by atoms with Crippen LogP contribution in [0.3, 0.4) is 0 Å². The van der Waals surface area contributed by atoms with E-state index < -0.39 is 38.0 Å². The van der Waals surface area contributed by atoms with E-state index in [1.165, 1.54) is 30.5 Å². The number of nitrogens with one attached hydrogen (secondary N) is 1. The van der Waals surface area contributed by atoms with Crippen LogP contribution in [0.2, 0.25) is 10.0 Å². The van der Waals surface area contributed by atoms with Crippen molar-refractivity contribution in [3.8, 4) is 5.69 Å². The normalized spacial score (nSPS) is 11.5. The molecule has 1 N–H and O–H groups in total. The highest BCUT2D eigenvalue weighted by atomic mass is 35.5. The Kier molecular flexibility index (Phi) is 8.58. The lowest BCUT2D eigenvalue weighted by Crippen LogP contribution is -2.39. The minimum Gasteiger partial charge on any atom is -0.316 e. The van der Waals surface area contributed by atoms with Crippen molar-refractivity contribution in [2.24, 2.45) is 5.10 Å². The molecule has 0 bridgehead atoms. The maximum Gasteiger partial charge on any atom is 0.289 e. The van der Waals surface area contributed by atoms with Gasteiger partial charge in [-0.25, -0.2) is 13.8 Å². The summed E-state index contributed by atoms with van der Waals surface area (Å²) in [6.45, 7) is 3.08. The van der Waals surface area contributed by atoms with Crippen LogP contribution in [0.15, 0.2) is 88.9 Å². The number of hydrazone groups is 1. The molecule has 0 unspecified atom stereocenters. The molecule has 13 heteroatoms. The maximum atomic E-state index is 13.5. The average Bonchev–Trinajstić information content (AvgIpc) is 3.20. The lowest BCUT2D eigenvalue weighted by atomic mass is 10.2. The van der Waals surface area contributed by atoms with Gasteiger partial charge in [-0.3, -0.25) is 19.2 Å². The number of aryl methyl sites for hydroxylation is 1. The number of para-hydroxylation sites is 2. The van der Waals surface area contributed by atoms with Gasteiger partial charge >= 0.3 is 0 Å². The Bertz CT molecular complexity index is 1720. The third-order valence-corrected chi connectivity index (χ3v) is 8.33. The molecule has 206 valence electrons. The van der Waals surface area contributed by atoms with E-state index in [-0.39, 0.29) is 5.69 Å². The Morgan fingerprint density at radius 1 is 1.05 bits per heavy atom. The molecule has 0 spiro atoms. The molecule has 0 atom stereocenters. The van der Waals surface area contributed by atoms with Gasteiger partial charge in [0, 0.05) is 28.0 Å². The molecular weight excluding hydrogens is 577 g/mol. The van der Waals surface area contributed by atoms with E-state index in [0.717, 1.165) is 33.5 Å². The fraction of sp³-hybridized carbons (Fsp3) is 0.111. The van der Waals surface area contributed by atoms with Crippen molar-refractivity contribution in [1.82, 2.24) is 9.99 Å². The average molecular weight is 600 g/mol. The smallest absolute Gasteiger partial charge is 0.289 e. The molecule has 10 nitrogen and oxygen atoms in total. The predicted octanol–water partition coefficient (Wildman–Crippen LogP) is 5.65. The van der Waals surface area contributed by atoms with Gasteiger partial charge in [-0.1, -0.05) is 53.5 Å². The van der Waals surface area contributed by atoms with Gasteiger partial charge in [0.05, 0.1) is 27.5 Å². The van der Waals surface area contributed by atoms with Crippen LogP contribution in [-0.2, 0) is 14.8 Å². The number of nitrogens with zero attached hydrogens (tertiary/aromatic N) is 4. The lowest BCUT2D eigenvalue weighted by Gasteiger charge is -2.23. The van der Waals surface area contributed by atoms with Crippen LogP contribution in [0, 0.1) is 24.0 Å². The van der Waals surface area contributed by atoms with Gasteiger partial charge in [-0.2, -0.15) is 5.10 Å². The number of nitro groups is 1. The molecular formula is C27H23Cl2N5O5S. The molecule has 1 amide bonds. The molecule has 0 radical (unpaired) electrons. The standard InChI is InChI=1S/C27H23Cl2N5O5S/c1-18-14-20(19(2)33(18)24-13-12-21(28)15-23(24)29)16-30-31-27(35)17-32(22-8-4-3-5-9-22)40(38,39)26-11-7-6-10-25(26)34(36)37/h3-16H,17H2,1-2H3,(H,31,35)/b30-16+. The number of sulfonamides is 1. The highest BCUT2D eigenvalue weighted by Crippen LogP contribution is 2.30. The van der Waals surface area contributed by atoms with Gasteiger partial charge in [-0.15, -0.1) is 0 Å². The van der Waals surface area contributed by atoms with Gasteiger partial charge in [0.25, 0.3) is 21.6 Å². The quantitative estimate of drug-likeness (QED) is 0.151. The zero-order chi connectivity index (χ0) is 29.0. The second-order valence-corrected chi connectivity index (χ2v) is 11.3. The number of hydrogen-bond acceptors (Lipinski definition) is 6. The van der Waals surface area contributed by atoms with Crippen molar-refractivity contribution in [2.75, 3.05) is 10.8 Å². The van der Waals surface area contributed by atoms with Crippen molar-refractivity contribution in [3.05, 3.63) is 116 Å². The zero-order valence-electron chi connectivity index (χ0n) is 21.3. The van der Waals surface area contributed by atoms with Gasteiger partial charge in [0.1, 0.15) is 6.54 Å². The molecule has 0 fully saturated rings. The van der Waals surface area contributed by atoms with Crippen LogP contribution in [0.4, 0.5) is 11.4 Å². The number of hydrogen-bond donors (Lipinski definition) is 1. The second-order valence-electron chi connectivity index (χ2n) is 8.62. The Morgan fingerprint density at radius 3 is 2.40 bits per heavy atom. The first-order valence-corrected chi connectivity index (χ1v) is 14.0. The third kappa shape index (κ3) is 6.01. The van der Waals surface area contributed by atoms with Crippen LogP contribution in [0.25, 0.3) is 5.69 Å². The van der Waals surface area contributed by atoms with Crippen molar-refractivity contribution >= 4 is 56.7 Å². The van der Waals surface area contributed by atoms with Crippen molar-refractivity contribution in [3.63, 3.8) is 0 Å². The summed E-state index contributed by atoms with van der Waals surface area (Å²) < 4.78 is 29.8. The minimum atomic E-state index is -4.50. The Morgan fingerprint density at radius 2 is 1.73 bits per heavy atom. The number of carbonyl (C=O) groups is 1. The van der Waals surface area contributed by atoms with Crippen molar-refractivity contribution in [1.29, 1.82) is 0 Å². The zero-order valence-corrected chi connectivity index (χ0v) is 23.6. The highest BCUT2D eigenvalue weighted by molar-refractivity contribution is 7.93. The Labute approximate surface area is 240 Å². The van der Waals surface area contributed by atoms with Gasteiger partial charge < -0.3 is 4.57 Å². The summed E-state index contributed by atoms with van der Waals surface area (Å²) in [5.41, 5.74) is 4.98. The van der Waals surface area contributed by atoms with E-state index in [1.807, 2.05) is 24.5 Å². The first kappa shape index (κ1) is 28.8. The summed E-state index contributed by atoms with van der Waals surface area (Å²) in [6, 6.07) is 19.8. The molecule has 0 saturated heterocycles. The number of rotatable bonds is 9. The number of nitro benzene ring substituents is 1. The predicted molar refractivity (Wildman–Crippen MR) is 155 cm³/mol. The van der Waals surface area contributed by atoms with E-state index in [9.17, 15) is 23.3 Å². The first-order chi connectivity index (χ1) is 19.0. The number of anilines is 1. The summed E-state index contributed by atoms with van der Waals surface area (Å²) in [4.78, 5) is 23.1. The van der Waals surface area contributed by atoms with Crippen LogP contribution >= 0.6 is 23.2 Å². The third-order valence-electron chi connectivity index (χ3n) is 5.98. The summed E-state index contributed by atoms with van der Waals surface area (Å²) in [5, 5.41) is 16.5. The molecule has 4 rings (SSSR count). The van der Waals surface area contributed by atoms with E-state index in [4.69, 9.17) is 23.2 Å². The van der Waals surface area contributed by atoms with Crippen LogP contribution < -0.4 is 9.73 Å². The summed E-state index contributed by atoms with van der Waals surface area (Å²) >= 11 is 12.4. The van der Waals surface area contributed by atoms with E-state index >= 15 is 0 Å². The topological polar surface area (TPSA) is 127 Å². The van der Waals surface area contributed by atoms with Gasteiger partial charge in [0.2, 0.25) is 0 Å². The Balaban J connectivity index is 1.58. The molecule has 0 aliphatic heterocycles. The number of aromatic nitrogens is 1. The van der Waals surface area contributed by atoms with Gasteiger partial charge in [0.15, 0.2) is 4.90 Å².